The zero-order valence-electron chi connectivity index (χ0n) is 16.6. The Bertz CT molecular complexity index is 918. The highest BCUT2D eigenvalue weighted by Gasteiger charge is 2.24. The molecule has 0 atom stereocenters. The number of aryl methyl sites for hydroxylation is 3. The van der Waals surface area contributed by atoms with Gasteiger partial charge < -0.3 is 0 Å². The molecular formula is C21H28FNO2S. The lowest BCUT2D eigenvalue weighted by molar-refractivity contribution is 0.483. The Morgan fingerprint density at radius 3 is 1.96 bits per heavy atom. The van der Waals surface area contributed by atoms with Crippen molar-refractivity contribution in [3.8, 4) is 0 Å². The molecule has 142 valence electrons. The molecule has 0 amide bonds. The second kappa shape index (κ2) is 7.03. The molecule has 0 saturated heterocycles. The monoisotopic (exact) mass is 377 g/mol. The normalized spacial score (nSPS) is 12.3. The average Bonchev–Trinajstić information content (AvgIpc) is 2.48. The molecule has 5 heteroatoms. The standard InChI is InChI=1S/C21H28FNO2S/c1-13-8-17(12-22)16(4)19(9-13)23-26(24,25)20-14(2)10-18(11-15(20)3)21(5,6)7/h8-11,23H,12H2,1-7H3. The largest absolute Gasteiger partial charge is 0.279 e. The molecule has 1 N–H and O–H groups in total. The maximum atomic E-state index is 13.2. The van der Waals surface area contributed by atoms with Crippen LogP contribution in [0.3, 0.4) is 0 Å². The van der Waals surface area contributed by atoms with Crippen molar-refractivity contribution in [3.63, 3.8) is 0 Å². The van der Waals surface area contributed by atoms with E-state index in [1.54, 1.807) is 19.1 Å². The summed E-state index contributed by atoms with van der Waals surface area (Å²) in [5.41, 5.74) is 4.81. The number of hydrogen-bond acceptors (Lipinski definition) is 2. The Hall–Kier alpha value is -1.88. The van der Waals surface area contributed by atoms with Gasteiger partial charge in [0.15, 0.2) is 0 Å². The van der Waals surface area contributed by atoms with E-state index in [2.05, 4.69) is 25.5 Å². The Kier molecular flexibility index (Phi) is 5.52. The molecule has 0 aliphatic heterocycles. The lowest BCUT2D eigenvalue weighted by atomic mass is 9.85. The van der Waals surface area contributed by atoms with Crippen LogP contribution >= 0.6 is 0 Å². The minimum Gasteiger partial charge on any atom is -0.279 e. The minimum absolute atomic E-state index is 0.0611. The van der Waals surface area contributed by atoms with E-state index in [9.17, 15) is 12.8 Å². The molecule has 0 bridgehead atoms. The van der Waals surface area contributed by atoms with Gasteiger partial charge in [-0.3, -0.25) is 4.72 Å². The van der Waals surface area contributed by atoms with Crippen LogP contribution in [0.15, 0.2) is 29.2 Å². The topological polar surface area (TPSA) is 46.2 Å². The first-order valence-electron chi connectivity index (χ1n) is 8.67. The van der Waals surface area contributed by atoms with Crippen LogP contribution in [0.4, 0.5) is 10.1 Å². The highest BCUT2D eigenvalue weighted by molar-refractivity contribution is 7.92. The van der Waals surface area contributed by atoms with E-state index in [-0.39, 0.29) is 10.3 Å². The third-order valence-electron chi connectivity index (χ3n) is 4.64. The molecule has 26 heavy (non-hydrogen) atoms. The van der Waals surface area contributed by atoms with Crippen LogP contribution in [-0.2, 0) is 22.1 Å². The first-order valence-corrected chi connectivity index (χ1v) is 10.2. The van der Waals surface area contributed by atoms with Crippen molar-refractivity contribution in [2.45, 2.75) is 65.5 Å². The summed E-state index contributed by atoms with van der Waals surface area (Å²) in [6.45, 7) is 12.9. The van der Waals surface area contributed by atoms with Crippen molar-refractivity contribution in [2.24, 2.45) is 0 Å². The second-order valence-electron chi connectivity index (χ2n) is 8.02. The van der Waals surface area contributed by atoms with Crippen LogP contribution in [0.5, 0.6) is 0 Å². The van der Waals surface area contributed by atoms with Gasteiger partial charge in [-0.25, -0.2) is 12.8 Å². The van der Waals surface area contributed by atoms with Gasteiger partial charge in [0.25, 0.3) is 10.0 Å². The Balaban J connectivity index is 2.55. The highest BCUT2D eigenvalue weighted by atomic mass is 32.2. The van der Waals surface area contributed by atoms with E-state index in [1.807, 2.05) is 32.9 Å². The lowest BCUT2D eigenvalue weighted by Crippen LogP contribution is -2.19. The molecule has 0 radical (unpaired) electrons. The van der Waals surface area contributed by atoms with Crippen LogP contribution in [0, 0.1) is 27.7 Å². The first kappa shape index (κ1) is 20.4. The first-order chi connectivity index (χ1) is 11.9. The van der Waals surface area contributed by atoms with Gasteiger partial charge in [0.05, 0.1) is 10.6 Å². The van der Waals surface area contributed by atoms with Crippen molar-refractivity contribution in [1.82, 2.24) is 0 Å². The van der Waals surface area contributed by atoms with Gasteiger partial charge in [0.2, 0.25) is 0 Å². The molecule has 0 saturated carbocycles. The SMILES string of the molecule is Cc1cc(CF)c(C)c(NS(=O)(=O)c2c(C)cc(C(C)(C)C)cc2C)c1. The number of alkyl halides is 1. The number of rotatable bonds is 4. The zero-order valence-corrected chi connectivity index (χ0v) is 17.4. The van der Waals surface area contributed by atoms with Gasteiger partial charge in [0, 0.05) is 0 Å². The van der Waals surface area contributed by atoms with Crippen molar-refractivity contribution in [3.05, 3.63) is 57.6 Å². The fourth-order valence-corrected chi connectivity index (χ4v) is 4.75. The van der Waals surface area contributed by atoms with E-state index in [1.165, 1.54) is 0 Å². The van der Waals surface area contributed by atoms with Crippen LogP contribution in [-0.4, -0.2) is 8.42 Å². The van der Waals surface area contributed by atoms with Gasteiger partial charge >= 0.3 is 0 Å². The van der Waals surface area contributed by atoms with Crippen molar-refractivity contribution < 1.29 is 12.8 Å². The number of nitrogens with one attached hydrogen (secondary N) is 1. The lowest BCUT2D eigenvalue weighted by Gasteiger charge is -2.23. The number of halogens is 1. The van der Waals surface area contributed by atoms with Crippen LogP contribution in [0.2, 0.25) is 0 Å². The third-order valence-corrected chi connectivity index (χ3v) is 6.31. The molecule has 0 heterocycles. The Morgan fingerprint density at radius 1 is 0.962 bits per heavy atom. The molecule has 0 aliphatic rings. The molecular weight excluding hydrogens is 349 g/mol. The van der Waals surface area contributed by atoms with E-state index < -0.39 is 16.7 Å². The van der Waals surface area contributed by atoms with Gasteiger partial charge in [-0.15, -0.1) is 0 Å². The number of anilines is 1. The Morgan fingerprint density at radius 2 is 1.50 bits per heavy atom. The molecule has 0 aliphatic carbocycles. The van der Waals surface area contributed by atoms with Crippen molar-refractivity contribution in [1.29, 1.82) is 0 Å². The maximum Gasteiger partial charge on any atom is 0.262 e. The maximum absolute atomic E-state index is 13.2. The summed E-state index contributed by atoms with van der Waals surface area (Å²) < 4.78 is 42.0. The van der Waals surface area contributed by atoms with Gasteiger partial charge in [-0.1, -0.05) is 39.0 Å². The van der Waals surface area contributed by atoms with Gasteiger partial charge in [-0.05, 0) is 72.6 Å². The summed E-state index contributed by atoms with van der Waals surface area (Å²) in [4.78, 5) is 0.285. The molecule has 0 spiro atoms. The van der Waals surface area contributed by atoms with Crippen molar-refractivity contribution in [2.75, 3.05) is 4.72 Å². The van der Waals surface area contributed by atoms with Gasteiger partial charge in [-0.2, -0.15) is 0 Å². The summed E-state index contributed by atoms with van der Waals surface area (Å²) in [6, 6.07) is 7.33. The summed E-state index contributed by atoms with van der Waals surface area (Å²) >= 11 is 0. The molecule has 3 nitrogen and oxygen atoms in total. The second-order valence-corrected chi connectivity index (χ2v) is 9.64. The van der Waals surface area contributed by atoms with Crippen molar-refractivity contribution >= 4 is 15.7 Å². The third kappa shape index (κ3) is 4.09. The van der Waals surface area contributed by atoms with Crippen LogP contribution < -0.4 is 4.72 Å². The predicted octanol–water partition coefficient (Wildman–Crippen LogP) is 5.49. The smallest absolute Gasteiger partial charge is 0.262 e. The average molecular weight is 378 g/mol. The molecule has 2 aromatic carbocycles. The van der Waals surface area contributed by atoms with E-state index in [0.717, 1.165) is 11.1 Å². The van der Waals surface area contributed by atoms with Gasteiger partial charge in [0.1, 0.15) is 6.67 Å². The summed E-state index contributed by atoms with van der Waals surface area (Å²) in [7, 11) is -3.77. The number of hydrogen-bond donors (Lipinski definition) is 1. The summed E-state index contributed by atoms with van der Waals surface area (Å²) in [5, 5.41) is 0. The van der Waals surface area contributed by atoms with E-state index in [0.29, 0.717) is 27.9 Å². The van der Waals surface area contributed by atoms with Crippen LogP contribution in [0.1, 0.15) is 54.2 Å². The molecule has 0 aromatic heterocycles. The van der Waals surface area contributed by atoms with E-state index >= 15 is 0 Å². The molecule has 0 fully saturated rings. The minimum atomic E-state index is -3.77. The fourth-order valence-electron chi connectivity index (χ4n) is 3.18. The fraction of sp³-hybridized carbons (Fsp3) is 0.429. The molecule has 0 unspecified atom stereocenters. The van der Waals surface area contributed by atoms with E-state index in [4.69, 9.17) is 0 Å². The summed E-state index contributed by atoms with van der Waals surface area (Å²) in [5.74, 6) is 0. The molecule has 2 rings (SSSR count). The highest BCUT2D eigenvalue weighted by Crippen LogP contribution is 2.31. The molecule has 2 aromatic rings. The number of benzene rings is 2. The Labute approximate surface area is 156 Å². The van der Waals surface area contributed by atoms with Crippen LogP contribution in [0.25, 0.3) is 0 Å². The number of sulfonamides is 1. The zero-order chi connectivity index (χ0) is 19.9. The summed E-state index contributed by atoms with van der Waals surface area (Å²) in [6.07, 6.45) is 0. The predicted molar refractivity (Wildman–Crippen MR) is 106 cm³/mol. The quantitative estimate of drug-likeness (QED) is 0.766.